The van der Waals surface area contributed by atoms with Gasteiger partial charge in [-0.25, -0.2) is 17.8 Å². The first-order chi connectivity index (χ1) is 15.3. The molecule has 14 nitrogen and oxygen atoms in total. The molecule has 11 atom stereocenters. The highest BCUT2D eigenvalue weighted by atomic mass is 31.3. The van der Waals surface area contributed by atoms with Gasteiger partial charge in [0, 0.05) is 6.00 Å². The van der Waals surface area contributed by atoms with Crippen molar-refractivity contribution in [3.8, 4) is 0 Å². The summed E-state index contributed by atoms with van der Waals surface area (Å²) in [5.41, 5.74) is 0. The summed E-state index contributed by atoms with van der Waals surface area (Å²) in [4.78, 5) is 39.1. The normalized spacial score (nSPS) is 39.1. The first-order valence-electron chi connectivity index (χ1n) is 10.4. The molecule has 0 aliphatic carbocycles. The highest BCUT2D eigenvalue weighted by Gasteiger charge is 2.45. The lowest BCUT2D eigenvalue weighted by molar-refractivity contribution is 0.00634. The van der Waals surface area contributed by atoms with Crippen LogP contribution in [-0.4, -0.2) is 70.9 Å². The Labute approximate surface area is 199 Å². The molecule has 0 aromatic rings. The molecular formula is C15H31BO14P4. The Hall–Kier alpha value is 0.585. The molecule has 2 fully saturated rings. The molecule has 6 unspecified atom stereocenters. The van der Waals surface area contributed by atoms with Crippen LogP contribution in [0.1, 0.15) is 34.1 Å². The van der Waals surface area contributed by atoms with E-state index in [2.05, 4.69) is 13.1 Å². The molecule has 0 aromatic carbocycles. The second-order valence-electron chi connectivity index (χ2n) is 8.63. The van der Waals surface area contributed by atoms with Crippen molar-refractivity contribution < 1.29 is 65.0 Å². The van der Waals surface area contributed by atoms with Crippen molar-refractivity contribution in [2.75, 3.05) is 19.1 Å². The third-order valence-electron chi connectivity index (χ3n) is 5.76. The van der Waals surface area contributed by atoms with Crippen LogP contribution in [0.3, 0.4) is 0 Å². The maximum atomic E-state index is 12.2. The van der Waals surface area contributed by atoms with Gasteiger partial charge in [0.2, 0.25) is 0 Å². The highest BCUT2D eigenvalue weighted by molar-refractivity contribution is 7.76. The Kier molecular flexibility index (Phi) is 10.5. The lowest BCUT2D eigenvalue weighted by atomic mass is 9.91. The molecule has 0 saturated carbocycles. The predicted molar refractivity (Wildman–Crippen MR) is 119 cm³/mol. The van der Waals surface area contributed by atoms with Gasteiger partial charge in [0.05, 0.1) is 31.5 Å². The molecule has 2 heterocycles. The third kappa shape index (κ3) is 9.47. The zero-order chi connectivity index (χ0) is 26.1. The van der Waals surface area contributed by atoms with Gasteiger partial charge in [-0.15, -0.1) is 0 Å². The van der Waals surface area contributed by atoms with Crippen molar-refractivity contribution in [3.05, 3.63) is 0 Å². The smallest absolute Gasteiger partial charge is 0.382 e. The van der Waals surface area contributed by atoms with Gasteiger partial charge >= 0.3 is 30.8 Å². The molecular weight excluding hydrogens is 539 g/mol. The summed E-state index contributed by atoms with van der Waals surface area (Å²) in [5, 5.41) is 0. The van der Waals surface area contributed by atoms with Crippen LogP contribution in [-0.2, 0) is 45.4 Å². The first-order valence-corrected chi connectivity index (χ1v) is 16.9. The van der Waals surface area contributed by atoms with Gasteiger partial charge in [-0.2, -0.15) is 0 Å². The Morgan fingerprint density at radius 2 is 1.26 bits per heavy atom. The van der Waals surface area contributed by atoms with Crippen molar-refractivity contribution in [3.63, 3.8) is 0 Å². The fourth-order valence-corrected chi connectivity index (χ4v) is 10.4. The molecule has 2 saturated heterocycles. The van der Waals surface area contributed by atoms with E-state index in [1.807, 2.05) is 20.8 Å². The van der Waals surface area contributed by atoms with Crippen LogP contribution in [0, 0.1) is 17.8 Å². The molecule has 2 aliphatic rings. The quantitative estimate of drug-likeness (QED) is 0.197. The average molecular weight is 570 g/mol. The summed E-state index contributed by atoms with van der Waals surface area (Å²) in [7, 11) is -15.4. The second kappa shape index (κ2) is 11.5. The van der Waals surface area contributed by atoms with Crippen molar-refractivity contribution >= 4 is 38.7 Å². The van der Waals surface area contributed by atoms with E-state index in [1.165, 1.54) is 0 Å². The highest BCUT2D eigenvalue weighted by Crippen LogP contribution is 2.70. The molecule has 19 heteroatoms. The van der Waals surface area contributed by atoms with E-state index in [0.29, 0.717) is 6.42 Å². The van der Waals surface area contributed by atoms with E-state index < -0.39 is 68.2 Å². The molecule has 2 radical (unpaired) electrons. The molecule has 0 amide bonds. The molecule has 198 valence electrons. The van der Waals surface area contributed by atoms with Crippen LogP contribution in [0.25, 0.3) is 0 Å². The number of hydrogen-bond acceptors (Lipinski definition) is 10. The summed E-state index contributed by atoms with van der Waals surface area (Å²) in [6, 6.07) is -0.601. The Balaban J connectivity index is 1.89. The second-order valence-corrected chi connectivity index (χ2v) is 16.0. The largest absolute Gasteiger partial charge is 0.479 e. The van der Waals surface area contributed by atoms with Crippen LogP contribution >= 0.6 is 30.8 Å². The van der Waals surface area contributed by atoms with Gasteiger partial charge in [0.15, 0.2) is 5.90 Å². The zero-order valence-corrected chi connectivity index (χ0v) is 22.7. The van der Waals surface area contributed by atoms with E-state index in [-0.39, 0.29) is 23.9 Å². The number of rotatable bonds is 12. The lowest BCUT2D eigenvalue weighted by Crippen LogP contribution is -2.21. The average Bonchev–Trinajstić information content (AvgIpc) is 3.07. The number of hydrogen-bond donors (Lipinski definition) is 4. The summed E-state index contributed by atoms with van der Waals surface area (Å²) >= 11 is 0. The van der Waals surface area contributed by atoms with Gasteiger partial charge in [0.1, 0.15) is 7.85 Å². The molecule has 2 rings (SSSR count). The number of phosphoric acid groups is 2. The van der Waals surface area contributed by atoms with Crippen LogP contribution < -0.4 is 0 Å². The third-order valence-corrected chi connectivity index (χ3v) is 13.3. The molecule has 2 aliphatic heterocycles. The summed E-state index contributed by atoms with van der Waals surface area (Å²) in [5.74, 6) is -1.84. The fourth-order valence-electron chi connectivity index (χ4n) is 3.60. The van der Waals surface area contributed by atoms with E-state index in [9.17, 15) is 37.8 Å². The molecule has 34 heavy (non-hydrogen) atoms. The molecule has 4 N–H and O–H groups in total. The summed E-state index contributed by atoms with van der Waals surface area (Å²) in [6.45, 7) is 6.37. The number of ether oxygens (including phenoxy) is 2. The number of phosphoric ester groups is 2. The van der Waals surface area contributed by atoms with Gasteiger partial charge in [-0.3, -0.25) is 18.2 Å². The lowest BCUT2D eigenvalue weighted by Gasteiger charge is -2.22. The topological polar surface area (TPSA) is 205 Å². The van der Waals surface area contributed by atoms with Crippen LogP contribution in [0.4, 0.5) is 0 Å². The minimum absolute atomic E-state index is 0.0472. The maximum Gasteiger partial charge on any atom is 0.479 e. The van der Waals surface area contributed by atoms with Gasteiger partial charge in [0.25, 0.3) is 0 Å². The van der Waals surface area contributed by atoms with Crippen LogP contribution in [0.2, 0.25) is 0 Å². The van der Waals surface area contributed by atoms with Crippen LogP contribution in [0.5, 0.6) is 0 Å². The standard InChI is InChI=1S/C15H31BO14P4/c1-9-5-15(16)28-13(9)6-25-33(21,22)29-31(17,18)8-32(19,20)30-34(23,24)26-7-14-11(3)10(2)12(4)27-14/h9-15H,5-8H2,1-4H3,(H,17,18)(H,19,20)(H,21,22)(H,23,24)/t9?,10?,11-,12+,13-,14-,15-/m1/s1. The zero-order valence-electron chi connectivity index (χ0n) is 19.1. The minimum Gasteiger partial charge on any atom is -0.382 e. The van der Waals surface area contributed by atoms with Crippen molar-refractivity contribution in [2.45, 2.75) is 58.4 Å². The maximum absolute atomic E-state index is 12.2. The molecule has 0 bridgehead atoms. The predicted octanol–water partition coefficient (Wildman–Crippen LogP) is 2.56. The Morgan fingerprint density at radius 3 is 1.65 bits per heavy atom. The minimum atomic E-state index is -5.33. The Morgan fingerprint density at radius 1 is 0.794 bits per heavy atom. The molecule has 0 aromatic heterocycles. The monoisotopic (exact) mass is 570 g/mol. The van der Waals surface area contributed by atoms with E-state index in [0.717, 1.165) is 0 Å². The van der Waals surface area contributed by atoms with Gasteiger partial charge in [-0.05, 0) is 31.1 Å². The van der Waals surface area contributed by atoms with Gasteiger partial charge < -0.3 is 29.0 Å². The van der Waals surface area contributed by atoms with Crippen molar-refractivity contribution in [2.24, 2.45) is 17.8 Å². The van der Waals surface area contributed by atoms with Crippen molar-refractivity contribution in [1.82, 2.24) is 0 Å². The SMILES string of the molecule is [B][C@H]1CC(C)[C@@H](COP(=O)(O)OP(=O)(O)CP(=O)(O)OP(=O)(O)OC[C@H]2O[C@@H](C)C(C)[C@H]2C)O1. The van der Waals surface area contributed by atoms with Crippen LogP contribution in [0.15, 0.2) is 0 Å². The summed E-state index contributed by atoms with van der Waals surface area (Å²) < 4.78 is 76.9. The Bertz CT molecular complexity index is 902. The molecule has 0 spiro atoms. The summed E-state index contributed by atoms with van der Waals surface area (Å²) in [6.07, 6.45) is -0.945. The fraction of sp³-hybridized carbons (Fsp3) is 1.00. The van der Waals surface area contributed by atoms with Crippen molar-refractivity contribution in [1.29, 1.82) is 0 Å². The van der Waals surface area contributed by atoms with E-state index >= 15 is 0 Å². The van der Waals surface area contributed by atoms with E-state index in [4.69, 9.17) is 21.8 Å². The van der Waals surface area contributed by atoms with E-state index in [1.54, 1.807) is 6.92 Å². The first kappa shape index (κ1) is 30.8. The van der Waals surface area contributed by atoms with Gasteiger partial charge in [-0.1, -0.05) is 20.8 Å².